The van der Waals surface area contributed by atoms with Crippen LogP contribution in [0.5, 0.6) is 0 Å². The third-order valence-electron chi connectivity index (χ3n) is 4.10. The van der Waals surface area contributed by atoms with Crippen LogP contribution in [0, 0.1) is 0 Å². The Bertz CT molecular complexity index is 489. The second-order valence-corrected chi connectivity index (χ2v) is 5.56. The maximum atomic E-state index is 4.01. The molecule has 102 valence electrons. The van der Waals surface area contributed by atoms with Gasteiger partial charge in [0.25, 0.3) is 0 Å². The van der Waals surface area contributed by atoms with E-state index in [2.05, 4.69) is 58.9 Å². The minimum atomic E-state index is 0.933. The molecule has 4 heteroatoms. The van der Waals surface area contributed by atoms with Crippen molar-refractivity contribution in [3.05, 3.63) is 36.2 Å². The highest BCUT2D eigenvalue weighted by molar-refractivity contribution is 5.64. The number of piperazine rings is 1. The molecule has 1 aromatic carbocycles. The van der Waals surface area contributed by atoms with E-state index in [1.165, 1.54) is 16.9 Å². The van der Waals surface area contributed by atoms with Crippen LogP contribution in [-0.2, 0) is 6.54 Å². The molecule has 1 fully saturated rings. The van der Waals surface area contributed by atoms with Gasteiger partial charge in [0.1, 0.15) is 0 Å². The van der Waals surface area contributed by atoms with E-state index in [4.69, 9.17) is 0 Å². The van der Waals surface area contributed by atoms with Crippen LogP contribution < -0.4 is 10.2 Å². The van der Waals surface area contributed by atoms with Gasteiger partial charge in [0.05, 0.1) is 5.82 Å². The molecule has 1 aromatic rings. The summed E-state index contributed by atoms with van der Waals surface area (Å²) in [5, 5.41) is 3.35. The third-order valence-corrected chi connectivity index (χ3v) is 4.10. The Morgan fingerprint density at radius 2 is 1.84 bits per heavy atom. The topological polar surface area (TPSA) is 21.8 Å². The standard InChI is InChI=1S/C15H22N4/c1-12-16-15-5-4-14(10-13(15)11-18(12)3)19-8-6-17(2)7-9-19/h4-5,10,16H,1,6-9,11H2,2-3H3. The lowest BCUT2D eigenvalue weighted by atomic mass is 10.1. The Balaban J connectivity index is 1.81. The lowest BCUT2D eigenvalue weighted by Crippen LogP contribution is -2.44. The number of hydrogen-bond donors (Lipinski definition) is 1. The van der Waals surface area contributed by atoms with Gasteiger partial charge in [-0.15, -0.1) is 0 Å². The molecule has 2 heterocycles. The number of rotatable bonds is 1. The van der Waals surface area contributed by atoms with E-state index in [-0.39, 0.29) is 0 Å². The lowest BCUT2D eigenvalue weighted by molar-refractivity contribution is 0.313. The van der Waals surface area contributed by atoms with Gasteiger partial charge < -0.3 is 20.0 Å². The predicted molar refractivity (Wildman–Crippen MR) is 80.4 cm³/mol. The first kappa shape index (κ1) is 12.4. The van der Waals surface area contributed by atoms with Crippen molar-refractivity contribution < 1.29 is 0 Å². The third kappa shape index (κ3) is 2.40. The maximum absolute atomic E-state index is 4.01. The van der Waals surface area contributed by atoms with E-state index in [0.717, 1.165) is 38.5 Å². The fraction of sp³-hybridized carbons (Fsp3) is 0.467. The first-order valence-corrected chi connectivity index (χ1v) is 6.87. The summed E-state index contributed by atoms with van der Waals surface area (Å²) in [6.07, 6.45) is 0. The van der Waals surface area contributed by atoms with Crippen LogP contribution >= 0.6 is 0 Å². The van der Waals surface area contributed by atoms with Crippen molar-refractivity contribution in [1.29, 1.82) is 0 Å². The summed E-state index contributed by atoms with van der Waals surface area (Å²) in [6, 6.07) is 6.72. The summed E-state index contributed by atoms with van der Waals surface area (Å²) in [7, 11) is 4.26. The van der Waals surface area contributed by atoms with E-state index in [9.17, 15) is 0 Å². The van der Waals surface area contributed by atoms with E-state index in [1.807, 2.05) is 0 Å². The minimum Gasteiger partial charge on any atom is -0.369 e. The molecule has 0 aromatic heterocycles. The van der Waals surface area contributed by atoms with Crippen LogP contribution in [0.4, 0.5) is 11.4 Å². The molecule has 0 amide bonds. The fourth-order valence-corrected chi connectivity index (χ4v) is 2.70. The zero-order valence-corrected chi connectivity index (χ0v) is 11.8. The number of nitrogens with one attached hydrogen (secondary N) is 1. The fourth-order valence-electron chi connectivity index (χ4n) is 2.70. The number of likely N-dealkylation sites (N-methyl/N-ethyl adjacent to an activating group) is 1. The summed E-state index contributed by atoms with van der Waals surface area (Å²) in [5.41, 5.74) is 3.89. The number of anilines is 2. The summed E-state index contributed by atoms with van der Waals surface area (Å²) >= 11 is 0. The van der Waals surface area contributed by atoms with Gasteiger partial charge in [-0.1, -0.05) is 6.58 Å². The molecule has 0 saturated carbocycles. The van der Waals surface area contributed by atoms with Crippen molar-refractivity contribution in [3.63, 3.8) is 0 Å². The summed E-state index contributed by atoms with van der Waals surface area (Å²) in [5.74, 6) is 0.972. The summed E-state index contributed by atoms with van der Waals surface area (Å²) in [4.78, 5) is 7.01. The van der Waals surface area contributed by atoms with E-state index in [0.29, 0.717) is 0 Å². The van der Waals surface area contributed by atoms with E-state index >= 15 is 0 Å². The molecular weight excluding hydrogens is 236 g/mol. The van der Waals surface area contributed by atoms with Crippen LogP contribution in [0.25, 0.3) is 0 Å². The van der Waals surface area contributed by atoms with Crippen molar-refractivity contribution >= 4 is 11.4 Å². The van der Waals surface area contributed by atoms with Gasteiger partial charge in [-0.25, -0.2) is 0 Å². The monoisotopic (exact) mass is 258 g/mol. The smallest absolute Gasteiger partial charge is 0.0983 e. The summed E-state index contributed by atoms with van der Waals surface area (Å²) in [6.45, 7) is 9.47. The van der Waals surface area contributed by atoms with E-state index < -0.39 is 0 Å². The predicted octanol–water partition coefficient (Wildman–Crippen LogP) is 1.77. The molecule has 1 saturated heterocycles. The Kier molecular flexibility index (Phi) is 3.11. The molecule has 0 aliphatic carbocycles. The Morgan fingerprint density at radius 3 is 2.58 bits per heavy atom. The van der Waals surface area contributed by atoms with Crippen LogP contribution in [-0.4, -0.2) is 50.1 Å². The lowest BCUT2D eigenvalue weighted by Gasteiger charge is -2.35. The van der Waals surface area contributed by atoms with Crippen molar-refractivity contribution in [2.24, 2.45) is 0 Å². The molecule has 0 spiro atoms. The van der Waals surface area contributed by atoms with Crippen molar-refractivity contribution in [2.75, 3.05) is 50.5 Å². The quantitative estimate of drug-likeness (QED) is 0.828. The Labute approximate surface area is 115 Å². The Hall–Kier alpha value is -1.68. The molecule has 2 aliphatic heterocycles. The number of benzene rings is 1. The highest BCUT2D eigenvalue weighted by Crippen LogP contribution is 2.29. The molecule has 0 atom stereocenters. The van der Waals surface area contributed by atoms with Crippen molar-refractivity contribution in [1.82, 2.24) is 9.80 Å². The average Bonchev–Trinajstić information content (AvgIpc) is 2.40. The molecule has 19 heavy (non-hydrogen) atoms. The first-order valence-electron chi connectivity index (χ1n) is 6.87. The van der Waals surface area contributed by atoms with Gasteiger partial charge in [0.15, 0.2) is 0 Å². The average molecular weight is 258 g/mol. The largest absolute Gasteiger partial charge is 0.369 e. The van der Waals surface area contributed by atoms with Crippen molar-refractivity contribution in [2.45, 2.75) is 6.54 Å². The number of fused-ring (bicyclic) bond motifs is 1. The van der Waals surface area contributed by atoms with Gasteiger partial charge in [0, 0.05) is 51.1 Å². The van der Waals surface area contributed by atoms with Crippen molar-refractivity contribution in [3.8, 4) is 0 Å². The first-order chi connectivity index (χ1) is 9.13. The van der Waals surface area contributed by atoms with Gasteiger partial charge >= 0.3 is 0 Å². The molecular formula is C15H22N4. The molecule has 1 N–H and O–H groups in total. The zero-order chi connectivity index (χ0) is 13.4. The van der Waals surface area contributed by atoms with Crippen LogP contribution in [0.2, 0.25) is 0 Å². The van der Waals surface area contributed by atoms with Gasteiger partial charge in [-0.3, -0.25) is 0 Å². The maximum Gasteiger partial charge on any atom is 0.0983 e. The molecule has 0 bridgehead atoms. The van der Waals surface area contributed by atoms with Crippen LogP contribution in [0.1, 0.15) is 5.56 Å². The van der Waals surface area contributed by atoms with Gasteiger partial charge in [-0.2, -0.15) is 0 Å². The molecule has 0 radical (unpaired) electrons. The second kappa shape index (κ2) is 4.78. The Morgan fingerprint density at radius 1 is 1.11 bits per heavy atom. The molecule has 4 nitrogen and oxygen atoms in total. The zero-order valence-electron chi connectivity index (χ0n) is 11.8. The highest BCUT2D eigenvalue weighted by atomic mass is 15.3. The highest BCUT2D eigenvalue weighted by Gasteiger charge is 2.18. The normalized spacial score (nSPS) is 20.2. The molecule has 3 rings (SSSR count). The molecule has 2 aliphatic rings. The van der Waals surface area contributed by atoms with Crippen LogP contribution in [0.15, 0.2) is 30.6 Å². The second-order valence-electron chi connectivity index (χ2n) is 5.56. The number of hydrogen-bond acceptors (Lipinski definition) is 4. The SMILES string of the molecule is C=C1Nc2ccc(N3CCN(C)CC3)cc2CN1C. The van der Waals surface area contributed by atoms with Crippen LogP contribution in [0.3, 0.4) is 0 Å². The molecule has 0 unspecified atom stereocenters. The van der Waals surface area contributed by atoms with Gasteiger partial charge in [-0.05, 0) is 30.8 Å². The van der Waals surface area contributed by atoms with Gasteiger partial charge in [0.2, 0.25) is 0 Å². The van der Waals surface area contributed by atoms with E-state index in [1.54, 1.807) is 0 Å². The summed E-state index contributed by atoms with van der Waals surface area (Å²) < 4.78 is 0. The minimum absolute atomic E-state index is 0.933. The number of nitrogens with zero attached hydrogens (tertiary/aromatic N) is 3.